The summed E-state index contributed by atoms with van der Waals surface area (Å²) in [4.78, 5) is 17.7. The van der Waals surface area contributed by atoms with E-state index < -0.39 is 0 Å². The maximum absolute atomic E-state index is 12.7. The van der Waals surface area contributed by atoms with Crippen molar-refractivity contribution in [3.63, 3.8) is 0 Å². The smallest absolute Gasteiger partial charge is 0.274 e. The van der Waals surface area contributed by atoms with Crippen molar-refractivity contribution in [2.75, 3.05) is 14.2 Å². The van der Waals surface area contributed by atoms with Gasteiger partial charge in [0.15, 0.2) is 0 Å². The van der Waals surface area contributed by atoms with Gasteiger partial charge in [-0.15, -0.1) is 0 Å². The topological polar surface area (TPSA) is 47.4 Å². The summed E-state index contributed by atoms with van der Waals surface area (Å²) in [7, 11) is 3.05. The minimum absolute atomic E-state index is 0.238. The Hall–Kier alpha value is -2.92. The molecule has 3 aromatic rings. The zero-order chi connectivity index (χ0) is 17.1. The summed E-state index contributed by atoms with van der Waals surface area (Å²) in [6.07, 6.45) is 1.74. The first kappa shape index (κ1) is 16.0. The lowest BCUT2D eigenvalue weighted by molar-refractivity contribution is -0.0756. The van der Waals surface area contributed by atoms with Crippen molar-refractivity contribution in [3.05, 3.63) is 71.9 Å². The van der Waals surface area contributed by atoms with Crippen molar-refractivity contribution < 1.29 is 9.63 Å². The first-order valence-corrected chi connectivity index (χ1v) is 7.65. The van der Waals surface area contributed by atoms with Crippen LogP contribution in [0.15, 0.2) is 60.8 Å². The van der Waals surface area contributed by atoms with Gasteiger partial charge in [-0.2, -0.15) is 5.10 Å². The number of aryl methyl sites for hydroxylation is 1. The van der Waals surface area contributed by atoms with Crippen molar-refractivity contribution in [3.8, 4) is 16.9 Å². The van der Waals surface area contributed by atoms with Crippen LogP contribution in [0.3, 0.4) is 0 Å². The van der Waals surface area contributed by atoms with E-state index in [1.807, 2.05) is 61.5 Å². The number of benzene rings is 2. The van der Waals surface area contributed by atoms with Gasteiger partial charge in [-0.05, 0) is 24.6 Å². The van der Waals surface area contributed by atoms with Crippen molar-refractivity contribution in [2.24, 2.45) is 0 Å². The van der Waals surface area contributed by atoms with Gasteiger partial charge in [0.05, 0.1) is 18.4 Å². The van der Waals surface area contributed by atoms with Gasteiger partial charge in [-0.3, -0.25) is 9.63 Å². The lowest BCUT2D eigenvalue weighted by Gasteiger charge is -2.13. The SMILES string of the molecule is CON(C)C(=O)c1cn(-c2ccccc2)nc1-c1ccccc1C. The average Bonchev–Trinajstić information content (AvgIpc) is 3.06. The van der Waals surface area contributed by atoms with Crippen LogP contribution >= 0.6 is 0 Å². The van der Waals surface area contributed by atoms with Crippen LogP contribution in [0, 0.1) is 6.92 Å². The summed E-state index contributed by atoms with van der Waals surface area (Å²) < 4.78 is 1.72. The van der Waals surface area contributed by atoms with E-state index in [1.165, 1.54) is 12.2 Å². The lowest BCUT2D eigenvalue weighted by Crippen LogP contribution is -2.25. The van der Waals surface area contributed by atoms with E-state index in [1.54, 1.807) is 17.9 Å². The summed E-state index contributed by atoms with van der Waals surface area (Å²) in [5, 5.41) is 5.87. The van der Waals surface area contributed by atoms with Crippen LogP contribution in [0.2, 0.25) is 0 Å². The predicted octanol–water partition coefficient (Wildman–Crippen LogP) is 3.48. The molecule has 0 aliphatic rings. The Balaban J connectivity index is 2.17. The summed E-state index contributed by atoms with van der Waals surface area (Å²) in [6.45, 7) is 2.01. The van der Waals surface area contributed by atoms with Crippen molar-refractivity contribution >= 4 is 5.91 Å². The van der Waals surface area contributed by atoms with Gasteiger partial charge < -0.3 is 0 Å². The van der Waals surface area contributed by atoms with Crippen molar-refractivity contribution in [1.29, 1.82) is 0 Å². The van der Waals surface area contributed by atoms with E-state index in [2.05, 4.69) is 5.10 Å². The lowest BCUT2D eigenvalue weighted by atomic mass is 10.0. The van der Waals surface area contributed by atoms with Crippen molar-refractivity contribution in [1.82, 2.24) is 14.8 Å². The van der Waals surface area contributed by atoms with E-state index in [4.69, 9.17) is 4.84 Å². The second-order valence-corrected chi connectivity index (χ2v) is 5.47. The predicted molar refractivity (Wildman–Crippen MR) is 92.8 cm³/mol. The standard InChI is InChI=1S/C19H19N3O2/c1-14-9-7-8-12-16(14)18-17(19(23)21(2)24-3)13-22(20-18)15-10-5-4-6-11-15/h4-13H,1-3H3. The van der Waals surface area contributed by atoms with E-state index in [9.17, 15) is 4.79 Å². The third-order valence-electron chi connectivity index (χ3n) is 3.93. The second kappa shape index (κ2) is 6.68. The van der Waals surface area contributed by atoms with Gasteiger partial charge in [0.1, 0.15) is 5.69 Å². The Morgan fingerprint density at radius 1 is 1.08 bits per heavy atom. The molecule has 0 saturated heterocycles. The maximum atomic E-state index is 12.7. The molecule has 5 nitrogen and oxygen atoms in total. The fourth-order valence-corrected chi connectivity index (χ4v) is 2.53. The molecule has 0 aliphatic carbocycles. The molecule has 24 heavy (non-hydrogen) atoms. The molecule has 3 rings (SSSR count). The molecule has 0 fully saturated rings. The van der Waals surface area contributed by atoms with Crippen LogP contribution in [-0.2, 0) is 4.84 Å². The molecule has 2 aromatic carbocycles. The van der Waals surface area contributed by atoms with Gasteiger partial charge in [0.2, 0.25) is 0 Å². The largest absolute Gasteiger partial charge is 0.281 e. The molecular formula is C19H19N3O2. The molecule has 0 aliphatic heterocycles. The summed E-state index contributed by atoms with van der Waals surface area (Å²) in [5.74, 6) is -0.238. The fraction of sp³-hybridized carbons (Fsp3) is 0.158. The minimum atomic E-state index is -0.238. The van der Waals surface area contributed by atoms with Gasteiger partial charge in [-0.25, -0.2) is 9.75 Å². The Morgan fingerprint density at radius 2 is 1.75 bits per heavy atom. The van der Waals surface area contributed by atoms with Gasteiger partial charge in [0, 0.05) is 18.8 Å². The molecule has 0 spiro atoms. The highest BCUT2D eigenvalue weighted by atomic mass is 16.7. The summed E-state index contributed by atoms with van der Waals surface area (Å²) in [5.41, 5.74) is 4.03. The maximum Gasteiger partial charge on any atom is 0.281 e. The third-order valence-corrected chi connectivity index (χ3v) is 3.93. The summed E-state index contributed by atoms with van der Waals surface area (Å²) >= 11 is 0. The van der Waals surface area contributed by atoms with Crippen molar-refractivity contribution in [2.45, 2.75) is 6.92 Å². The van der Waals surface area contributed by atoms with E-state index in [0.29, 0.717) is 11.3 Å². The summed E-state index contributed by atoms with van der Waals surface area (Å²) in [6, 6.07) is 17.6. The minimum Gasteiger partial charge on any atom is -0.274 e. The zero-order valence-corrected chi connectivity index (χ0v) is 13.9. The van der Waals surface area contributed by atoms with Crippen LogP contribution < -0.4 is 0 Å². The van der Waals surface area contributed by atoms with Gasteiger partial charge >= 0.3 is 0 Å². The number of para-hydroxylation sites is 1. The molecule has 1 heterocycles. The number of aromatic nitrogens is 2. The highest BCUT2D eigenvalue weighted by Crippen LogP contribution is 2.27. The number of hydrogen-bond acceptors (Lipinski definition) is 3. The molecule has 1 amide bonds. The Kier molecular flexibility index (Phi) is 4.44. The monoisotopic (exact) mass is 321 g/mol. The molecule has 0 atom stereocenters. The van der Waals surface area contributed by atoms with Crippen LogP contribution in [0.5, 0.6) is 0 Å². The molecular weight excluding hydrogens is 302 g/mol. The number of nitrogens with zero attached hydrogens (tertiary/aromatic N) is 3. The average molecular weight is 321 g/mol. The third kappa shape index (κ3) is 2.94. The van der Waals surface area contributed by atoms with Gasteiger partial charge in [-0.1, -0.05) is 42.5 Å². The van der Waals surface area contributed by atoms with Crippen LogP contribution in [0.25, 0.3) is 16.9 Å². The molecule has 0 bridgehead atoms. The molecule has 0 radical (unpaired) electrons. The Bertz CT molecular complexity index is 856. The molecule has 0 saturated carbocycles. The zero-order valence-electron chi connectivity index (χ0n) is 13.9. The second-order valence-electron chi connectivity index (χ2n) is 5.47. The van der Waals surface area contributed by atoms with Gasteiger partial charge in [0.25, 0.3) is 5.91 Å². The number of hydrogen-bond donors (Lipinski definition) is 0. The molecule has 0 unspecified atom stereocenters. The first-order valence-electron chi connectivity index (χ1n) is 7.65. The normalized spacial score (nSPS) is 10.6. The van der Waals surface area contributed by atoms with Crippen LogP contribution in [0.4, 0.5) is 0 Å². The molecule has 122 valence electrons. The van der Waals surface area contributed by atoms with Crippen LogP contribution in [0.1, 0.15) is 15.9 Å². The molecule has 1 aromatic heterocycles. The van der Waals surface area contributed by atoms with Crippen LogP contribution in [-0.4, -0.2) is 34.9 Å². The number of hydroxylamine groups is 2. The highest BCUT2D eigenvalue weighted by Gasteiger charge is 2.22. The number of rotatable bonds is 4. The first-order chi connectivity index (χ1) is 11.6. The molecule has 0 N–H and O–H groups in total. The fourth-order valence-electron chi connectivity index (χ4n) is 2.53. The Morgan fingerprint density at radius 3 is 2.42 bits per heavy atom. The number of carbonyl (C=O) groups excluding carboxylic acids is 1. The quantitative estimate of drug-likeness (QED) is 0.691. The number of carbonyl (C=O) groups is 1. The highest BCUT2D eigenvalue weighted by molar-refractivity contribution is 5.99. The number of amides is 1. The van der Waals surface area contributed by atoms with E-state index in [-0.39, 0.29) is 5.91 Å². The van der Waals surface area contributed by atoms with E-state index in [0.717, 1.165) is 16.8 Å². The Labute approximate surface area is 141 Å². The van der Waals surface area contributed by atoms with E-state index >= 15 is 0 Å². The molecule has 5 heteroatoms.